The molecule has 2 atom stereocenters. The Hall–Kier alpha value is -2.13. The molecule has 2 N–H and O–H groups in total. The summed E-state index contributed by atoms with van der Waals surface area (Å²) in [4.78, 5) is 14.7. The number of benzene rings is 2. The highest BCUT2D eigenvalue weighted by Crippen LogP contribution is 2.44. The average Bonchev–Trinajstić information content (AvgIpc) is 2.87. The lowest BCUT2D eigenvalue weighted by molar-refractivity contribution is 0.0988. The zero-order chi connectivity index (χ0) is 14.4. The number of anilines is 1. The first-order chi connectivity index (χ1) is 10.2. The highest BCUT2D eigenvalue weighted by molar-refractivity contribution is 6.07. The van der Waals surface area contributed by atoms with Crippen LogP contribution in [0.2, 0.25) is 0 Å². The predicted octanol–water partition coefficient (Wildman–Crippen LogP) is 2.70. The second-order valence-electron chi connectivity index (χ2n) is 6.03. The molecule has 1 amide bonds. The SMILES string of the molecule is N[C@@H]1Cc2cccc3c2[C@H](C1)CN3C(=O)c1ccccc1. The summed E-state index contributed by atoms with van der Waals surface area (Å²) in [6.45, 7) is 0.758. The van der Waals surface area contributed by atoms with Crippen LogP contribution in [-0.4, -0.2) is 18.5 Å². The molecule has 1 aliphatic carbocycles. The van der Waals surface area contributed by atoms with Gasteiger partial charge >= 0.3 is 0 Å². The fraction of sp³-hybridized carbons (Fsp3) is 0.278. The Labute approximate surface area is 124 Å². The van der Waals surface area contributed by atoms with Crippen LogP contribution in [0.5, 0.6) is 0 Å². The van der Waals surface area contributed by atoms with Gasteiger partial charge in [0.15, 0.2) is 0 Å². The molecule has 106 valence electrons. The van der Waals surface area contributed by atoms with Gasteiger partial charge < -0.3 is 10.6 Å². The molecule has 0 saturated heterocycles. The minimum absolute atomic E-state index is 0.0898. The molecule has 3 nitrogen and oxygen atoms in total. The maximum absolute atomic E-state index is 12.8. The number of nitrogens with two attached hydrogens (primary N) is 1. The molecular formula is C18H18N2O. The first-order valence-electron chi connectivity index (χ1n) is 7.48. The molecule has 2 aromatic rings. The van der Waals surface area contributed by atoms with Gasteiger partial charge in [-0.2, -0.15) is 0 Å². The van der Waals surface area contributed by atoms with Crippen molar-refractivity contribution < 1.29 is 4.79 Å². The van der Waals surface area contributed by atoms with E-state index in [1.807, 2.05) is 41.3 Å². The molecule has 0 unspecified atom stereocenters. The van der Waals surface area contributed by atoms with E-state index in [1.54, 1.807) is 0 Å². The molecule has 1 aliphatic heterocycles. The lowest BCUT2D eigenvalue weighted by Gasteiger charge is -2.25. The van der Waals surface area contributed by atoms with Crippen LogP contribution in [0, 0.1) is 0 Å². The molecule has 21 heavy (non-hydrogen) atoms. The van der Waals surface area contributed by atoms with Gasteiger partial charge in [0.1, 0.15) is 0 Å². The Morgan fingerprint density at radius 1 is 1.10 bits per heavy atom. The van der Waals surface area contributed by atoms with Gasteiger partial charge in [-0.25, -0.2) is 0 Å². The molecule has 4 rings (SSSR count). The molecular weight excluding hydrogens is 260 g/mol. The van der Waals surface area contributed by atoms with Crippen molar-refractivity contribution in [3.05, 3.63) is 65.2 Å². The van der Waals surface area contributed by atoms with E-state index in [1.165, 1.54) is 11.1 Å². The first kappa shape index (κ1) is 12.6. The third-order valence-corrected chi connectivity index (χ3v) is 4.61. The Kier molecular flexibility index (Phi) is 2.82. The third kappa shape index (κ3) is 1.96. The number of carbonyl (C=O) groups excluding carboxylic acids is 1. The normalized spacial score (nSPS) is 23.0. The average molecular weight is 278 g/mol. The number of carbonyl (C=O) groups is 1. The monoisotopic (exact) mass is 278 g/mol. The van der Waals surface area contributed by atoms with Gasteiger partial charge in [0.05, 0.1) is 0 Å². The molecule has 0 bridgehead atoms. The summed E-state index contributed by atoms with van der Waals surface area (Å²) in [6.07, 6.45) is 1.90. The third-order valence-electron chi connectivity index (χ3n) is 4.61. The summed E-state index contributed by atoms with van der Waals surface area (Å²) in [7, 11) is 0. The fourth-order valence-corrected chi connectivity index (χ4v) is 3.75. The number of nitrogens with zero attached hydrogens (tertiary/aromatic N) is 1. The fourth-order valence-electron chi connectivity index (χ4n) is 3.75. The van der Waals surface area contributed by atoms with E-state index in [4.69, 9.17) is 5.73 Å². The number of hydrogen-bond donors (Lipinski definition) is 1. The standard InChI is InChI=1S/C18H18N2O/c19-15-9-13-7-4-8-16-17(13)14(10-15)11-20(16)18(21)12-5-2-1-3-6-12/h1-8,14-15H,9-11,19H2/t14-,15-/m1/s1. The van der Waals surface area contributed by atoms with E-state index in [2.05, 4.69) is 12.1 Å². The largest absolute Gasteiger partial charge is 0.327 e. The van der Waals surface area contributed by atoms with E-state index in [9.17, 15) is 4.79 Å². The van der Waals surface area contributed by atoms with Crippen molar-refractivity contribution in [2.24, 2.45) is 5.73 Å². The summed E-state index contributed by atoms with van der Waals surface area (Å²) < 4.78 is 0. The van der Waals surface area contributed by atoms with Crippen molar-refractivity contribution in [3.63, 3.8) is 0 Å². The van der Waals surface area contributed by atoms with Crippen LogP contribution < -0.4 is 10.6 Å². The minimum Gasteiger partial charge on any atom is -0.327 e. The van der Waals surface area contributed by atoms with Gasteiger partial charge in [0, 0.05) is 29.8 Å². The van der Waals surface area contributed by atoms with E-state index in [0.29, 0.717) is 5.92 Å². The lowest BCUT2D eigenvalue weighted by atomic mass is 9.82. The van der Waals surface area contributed by atoms with Crippen molar-refractivity contribution in [1.29, 1.82) is 0 Å². The first-order valence-corrected chi connectivity index (χ1v) is 7.48. The molecule has 1 heterocycles. The van der Waals surface area contributed by atoms with Crippen LogP contribution in [0.3, 0.4) is 0 Å². The lowest BCUT2D eigenvalue weighted by Crippen LogP contribution is -2.33. The van der Waals surface area contributed by atoms with Gasteiger partial charge in [0.25, 0.3) is 5.91 Å². The van der Waals surface area contributed by atoms with E-state index in [0.717, 1.165) is 30.6 Å². The summed E-state index contributed by atoms with van der Waals surface area (Å²) in [5, 5.41) is 0. The van der Waals surface area contributed by atoms with E-state index < -0.39 is 0 Å². The van der Waals surface area contributed by atoms with Gasteiger partial charge in [-0.15, -0.1) is 0 Å². The highest BCUT2D eigenvalue weighted by atomic mass is 16.2. The van der Waals surface area contributed by atoms with Crippen LogP contribution in [0.1, 0.15) is 33.8 Å². The smallest absolute Gasteiger partial charge is 0.258 e. The van der Waals surface area contributed by atoms with E-state index in [-0.39, 0.29) is 11.9 Å². The van der Waals surface area contributed by atoms with Gasteiger partial charge in [0.2, 0.25) is 0 Å². The predicted molar refractivity (Wildman–Crippen MR) is 83.6 cm³/mol. The van der Waals surface area contributed by atoms with Gasteiger partial charge in [-0.05, 0) is 42.2 Å². The van der Waals surface area contributed by atoms with E-state index >= 15 is 0 Å². The maximum atomic E-state index is 12.8. The topological polar surface area (TPSA) is 46.3 Å². The summed E-state index contributed by atoms with van der Waals surface area (Å²) >= 11 is 0. The quantitative estimate of drug-likeness (QED) is 0.871. The summed E-state index contributed by atoms with van der Waals surface area (Å²) in [5.74, 6) is 0.486. The Balaban J connectivity index is 1.76. The van der Waals surface area contributed by atoms with Crippen molar-refractivity contribution in [2.75, 3.05) is 11.4 Å². The number of hydrogen-bond acceptors (Lipinski definition) is 2. The van der Waals surface area contributed by atoms with Crippen LogP contribution in [0.4, 0.5) is 5.69 Å². The zero-order valence-electron chi connectivity index (χ0n) is 11.8. The summed E-state index contributed by atoms with van der Waals surface area (Å²) in [6, 6.07) is 16.0. The number of rotatable bonds is 1. The van der Waals surface area contributed by atoms with Crippen LogP contribution >= 0.6 is 0 Å². The molecule has 2 aromatic carbocycles. The Morgan fingerprint density at radius 3 is 2.71 bits per heavy atom. The second-order valence-corrected chi connectivity index (χ2v) is 6.03. The molecule has 0 radical (unpaired) electrons. The molecule has 0 fully saturated rings. The van der Waals surface area contributed by atoms with Crippen LogP contribution in [0.25, 0.3) is 0 Å². The Morgan fingerprint density at radius 2 is 1.90 bits per heavy atom. The van der Waals surface area contributed by atoms with Crippen LogP contribution in [0.15, 0.2) is 48.5 Å². The second kappa shape index (κ2) is 4.71. The van der Waals surface area contributed by atoms with Crippen LogP contribution in [-0.2, 0) is 6.42 Å². The molecule has 0 spiro atoms. The van der Waals surface area contributed by atoms with Crippen molar-refractivity contribution in [2.45, 2.75) is 24.8 Å². The van der Waals surface area contributed by atoms with Crippen molar-refractivity contribution in [3.8, 4) is 0 Å². The van der Waals surface area contributed by atoms with Gasteiger partial charge in [-0.3, -0.25) is 4.79 Å². The molecule has 0 aromatic heterocycles. The summed E-state index contributed by atoms with van der Waals surface area (Å²) in [5.41, 5.74) is 10.7. The van der Waals surface area contributed by atoms with Crippen molar-refractivity contribution in [1.82, 2.24) is 0 Å². The minimum atomic E-state index is 0.0898. The molecule has 3 heteroatoms. The number of amides is 1. The highest BCUT2D eigenvalue weighted by Gasteiger charge is 2.37. The molecule has 0 saturated carbocycles. The van der Waals surface area contributed by atoms with Crippen molar-refractivity contribution >= 4 is 11.6 Å². The zero-order valence-corrected chi connectivity index (χ0v) is 11.8. The maximum Gasteiger partial charge on any atom is 0.258 e. The van der Waals surface area contributed by atoms with Gasteiger partial charge in [-0.1, -0.05) is 30.3 Å². The molecule has 2 aliphatic rings. The Bertz CT molecular complexity index is 696.